The third-order valence-electron chi connectivity index (χ3n) is 4.18. The second-order valence-electron chi connectivity index (χ2n) is 6.27. The van der Waals surface area contributed by atoms with Crippen LogP contribution < -0.4 is 14.8 Å². The molecule has 0 atom stereocenters. The molecular weight excluding hydrogens is 344 g/mol. The standard InChI is InChI=1S/C21H26N2O4/c1-6-27-17-11-10-16(12-18(17)26-5)21(25)23(4)13-19(24)22-20-14(2)8-7-9-15(20)3/h7-12H,6,13H2,1-5H3,(H,22,24). The molecule has 2 amide bonds. The van der Waals surface area contributed by atoms with Gasteiger partial charge in [-0.05, 0) is 50.1 Å². The average molecular weight is 370 g/mol. The van der Waals surface area contributed by atoms with Crippen LogP contribution in [0.25, 0.3) is 0 Å². The number of carbonyl (C=O) groups excluding carboxylic acids is 2. The molecule has 144 valence electrons. The third-order valence-corrected chi connectivity index (χ3v) is 4.18. The first kappa shape index (κ1) is 20.3. The highest BCUT2D eigenvalue weighted by molar-refractivity contribution is 6.00. The summed E-state index contributed by atoms with van der Waals surface area (Å²) >= 11 is 0. The minimum Gasteiger partial charge on any atom is -0.493 e. The summed E-state index contributed by atoms with van der Waals surface area (Å²) in [6, 6.07) is 10.8. The topological polar surface area (TPSA) is 67.9 Å². The second-order valence-corrected chi connectivity index (χ2v) is 6.27. The van der Waals surface area contributed by atoms with Crippen LogP contribution in [0.3, 0.4) is 0 Å². The van der Waals surface area contributed by atoms with Crippen LogP contribution >= 0.6 is 0 Å². The Hall–Kier alpha value is -3.02. The number of likely N-dealkylation sites (N-methyl/N-ethyl adjacent to an activating group) is 1. The van der Waals surface area contributed by atoms with Gasteiger partial charge in [-0.3, -0.25) is 9.59 Å². The van der Waals surface area contributed by atoms with Gasteiger partial charge in [0.1, 0.15) is 0 Å². The van der Waals surface area contributed by atoms with E-state index in [9.17, 15) is 9.59 Å². The molecule has 1 N–H and O–H groups in total. The summed E-state index contributed by atoms with van der Waals surface area (Å²) in [5, 5.41) is 2.89. The predicted molar refractivity (Wildman–Crippen MR) is 106 cm³/mol. The number of methoxy groups -OCH3 is 1. The number of rotatable bonds is 7. The van der Waals surface area contributed by atoms with Gasteiger partial charge in [-0.15, -0.1) is 0 Å². The third kappa shape index (κ3) is 5.00. The zero-order valence-corrected chi connectivity index (χ0v) is 16.5. The number of carbonyl (C=O) groups is 2. The SMILES string of the molecule is CCOc1ccc(C(=O)N(C)CC(=O)Nc2c(C)cccc2C)cc1OC. The molecule has 0 aromatic heterocycles. The molecule has 0 spiro atoms. The van der Waals surface area contributed by atoms with Crippen molar-refractivity contribution in [1.82, 2.24) is 4.90 Å². The fourth-order valence-electron chi connectivity index (χ4n) is 2.77. The highest BCUT2D eigenvalue weighted by atomic mass is 16.5. The van der Waals surface area contributed by atoms with Crippen LogP contribution in [0.1, 0.15) is 28.4 Å². The number of ether oxygens (including phenoxy) is 2. The van der Waals surface area contributed by atoms with Crippen molar-refractivity contribution < 1.29 is 19.1 Å². The monoisotopic (exact) mass is 370 g/mol. The van der Waals surface area contributed by atoms with Gasteiger partial charge < -0.3 is 19.7 Å². The van der Waals surface area contributed by atoms with Crippen molar-refractivity contribution in [3.8, 4) is 11.5 Å². The van der Waals surface area contributed by atoms with E-state index in [4.69, 9.17) is 9.47 Å². The molecule has 0 aliphatic carbocycles. The summed E-state index contributed by atoms with van der Waals surface area (Å²) in [7, 11) is 3.11. The minimum atomic E-state index is -0.270. The highest BCUT2D eigenvalue weighted by Crippen LogP contribution is 2.28. The van der Waals surface area contributed by atoms with Crippen molar-refractivity contribution in [3.05, 3.63) is 53.1 Å². The molecule has 6 heteroatoms. The molecule has 0 heterocycles. The summed E-state index contributed by atoms with van der Waals surface area (Å²) in [5.74, 6) is 0.539. The van der Waals surface area contributed by atoms with Crippen molar-refractivity contribution in [2.24, 2.45) is 0 Å². The zero-order chi connectivity index (χ0) is 20.0. The smallest absolute Gasteiger partial charge is 0.254 e. The molecule has 0 unspecified atom stereocenters. The number of hydrogen-bond acceptors (Lipinski definition) is 4. The molecule has 0 aliphatic heterocycles. The Labute approximate surface area is 160 Å². The number of amides is 2. The summed E-state index contributed by atoms with van der Waals surface area (Å²) < 4.78 is 10.7. The molecule has 0 saturated carbocycles. The number of benzene rings is 2. The van der Waals surface area contributed by atoms with E-state index in [-0.39, 0.29) is 18.4 Å². The Bertz CT molecular complexity index is 813. The second kappa shape index (κ2) is 9.07. The molecule has 6 nitrogen and oxygen atoms in total. The van der Waals surface area contributed by atoms with E-state index < -0.39 is 0 Å². The van der Waals surface area contributed by atoms with Gasteiger partial charge in [0.05, 0.1) is 20.3 Å². The van der Waals surface area contributed by atoms with Crippen LogP contribution in [0.15, 0.2) is 36.4 Å². The maximum atomic E-state index is 12.7. The summed E-state index contributed by atoms with van der Waals surface area (Å²) in [6.07, 6.45) is 0. The van der Waals surface area contributed by atoms with Crippen LogP contribution in [0.5, 0.6) is 11.5 Å². The molecular formula is C21H26N2O4. The van der Waals surface area contributed by atoms with Crippen LogP contribution in [-0.2, 0) is 4.79 Å². The lowest BCUT2D eigenvalue weighted by atomic mass is 10.1. The van der Waals surface area contributed by atoms with E-state index in [2.05, 4.69) is 5.32 Å². The van der Waals surface area contributed by atoms with Gasteiger partial charge in [-0.25, -0.2) is 0 Å². The maximum absolute atomic E-state index is 12.7. The number of hydrogen-bond donors (Lipinski definition) is 1. The van der Waals surface area contributed by atoms with E-state index >= 15 is 0 Å². The average Bonchev–Trinajstić information content (AvgIpc) is 2.64. The molecule has 0 fully saturated rings. The lowest BCUT2D eigenvalue weighted by Gasteiger charge is -2.19. The summed E-state index contributed by atoms with van der Waals surface area (Å²) in [6.45, 7) is 6.19. The van der Waals surface area contributed by atoms with Crippen molar-refractivity contribution in [2.75, 3.05) is 32.6 Å². The molecule has 0 saturated heterocycles. The first-order valence-electron chi connectivity index (χ1n) is 8.79. The van der Waals surface area contributed by atoms with Gasteiger partial charge in [0.15, 0.2) is 11.5 Å². The Kier molecular flexibility index (Phi) is 6.82. The Balaban J connectivity index is 2.08. The van der Waals surface area contributed by atoms with Gasteiger partial charge in [0.2, 0.25) is 5.91 Å². The summed E-state index contributed by atoms with van der Waals surface area (Å²) in [4.78, 5) is 26.4. The molecule has 27 heavy (non-hydrogen) atoms. The molecule has 2 rings (SSSR count). The Morgan fingerprint density at radius 3 is 2.33 bits per heavy atom. The predicted octanol–water partition coefficient (Wildman–Crippen LogP) is 3.42. The quantitative estimate of drug-likeness (QED) is 0.811. The normalized spacial score (nSPS) is 10.3. The van der Waals surface area contributed by atoms with Crippen molar-refractivity contribution in [3.63, 3.8) is 0 Å². The van der Waals surface area contributed by atoms with E-state index in [1.165, 1.54) is 12.0 Å². The number of aryl methyl sites for hydroxylation is 2. The first-order chi connectivity index (χ1) is 12.9. The molecule has 0 radical (unpaired) electrons. The van der Waals surface area contributed by atoms with Crippen molar-refractivity contribution in [1.29, 1.82) is 0 Å². The lowest BCUT2D eigenvalue weighted by Crippen LogP contribution is -2.35. The number of nitrogens with one attached hydrogen (secondary N) is 1. The van der Waals surface area contributed by atoms with Crippen molar-refractivity contribution >= 4 is 17.5 Å². The van der Waals surface area contributed by atoms with Crippen LogP contribution in [0, 0.1) is 13.8 Å². The van der Waals surface area contributed by atoms with E-state index in [0.29, 0.717) is 23.7 Å². The van der Waals surface area contributed by atoms with Crippen LogP contribution in [0.4, 0.5) is 5.69 Å². The minimum absolute atomic E-state index is 0.0534. The Morgan fingerprint density at radius 2 is 1.74 bits per heavy atom. The van der Waals surface area contributed by atoms with E-state index in [0.717, 1.165) is 16.8 Å². The molecule has 2 aromatic rings. The van der Waals surface area contributed by atoms with Gasteiger partial charge in [0, 0.05) is 18.3 Å². The number of anilines is 1. The highest BCUT2D eigenvalue weighted by Gasteiger charge is 2.18. The zero-order valence-electron chi connectivity index (χ0n) is 16.5. The fraction of sp³-hybridized carbons (Fsp3) is 0.333. The first-order valence-corrected chi connectivity index (χ1v) is 8.79. The van der Waals surface area contributed by atoms with Crippen LogP contribution in [0.2, 0.25) is 0 Å². The lowest BCUT2D eigenvalue weighted by molar-refractivity contribution is -0.116. The molecule has 0 bridgehead atoms. The number of nitrogens with zero attached hydrogens (tertiary/aromatic N) is 1. The maximum Gasteiger partial charge on any atom is 0.254 e. The van der Waals surface area contributed by atoms with E-state index in [1.807, 2.05) is 39.0 Å². The van der Waals surface area contributed by atoms with Gasteiger partial charge in [-0.2, -0.15) is 0 Å². The summed E-state index contributed by atoms with van der Waals surface area (Å²) in [5.41, 5.74) is 3.17. The molecule has 0 aliphatic rings. The number of para-hydroxylation sites is 1. The molecule has 2 aromatic carbocycles. The Morgan fingerprint density at radius 1 is 1.07 bits per heavy atom. The fourth-order valence-corrected chi connectivity index (χ4v) is 2.77. The van der Waals surface area contributed by atoms with Crippen LogP contribution in [-0.4, -0.2) is 44.0 Å². The van der Waals surface area contributed by atoms with Gasteiger partial charge in [0.25, 0.3) is 5.91 Å². The van der Waals surface area contributed by atoms with Gasteiger partial charge in [-0.1, -0.05) is 18.2 Å². The largest absolute Gasteiger partial charge is 0.493 e. The van der Waals surface area contributed by atoms with Crippen molar-refractivity contribution in [2.45, 2.75) is 20.8 Å². The van der Waals surface area contributed by atoms with Gasteiger partial charge >= 0.3 is 0 Å². The van der Waals surface area contributed by atoms with E-state index in [1.54, 1.807) is 25.2 Å².